The molecule has 1 heterocycles. The van der Waals surface area contributed by atoms with E-state index in [0.29, 0.717) is 12.6 Å². The van der Waals surface area contributed by atoms with Gasteiger partial charge < -0.3 is 9.73 Å². The Balaban J connectivity index is 1.92. The number of aromatic nitrogens is 1. The van der Waals surface area contributed by atoms with Gasteiger partial charge in [0, 0.05) is 6.04 Å². The molecule has 1 atom stereocenters. The van der Waals surface area contributed by atoms with Crippen molar-refractivity contribution < 1.29 is 4.42 Å². The fourth-order valence-corrected chi connectivity index (χ4v) is 1.88. The van der Waals surface area contributed by atoms with Crippen LogP contribution in [0.4, 0.5) is 0 Å². The first-order chi connectivity index (χ1) is 8.69. The van der Waals surface area contributed by atoms with E-state index in [2.05, 4.69) is 48.4 Å². The quantitative estimate of drug-likeness (QED) is 0.876. The summed E-state index contributed by atoms with van der Waals surface area (Å²) in [4.78, 5) is 4.18. The van der Waals surface area contributed by atoms with E-state index < -0.39 is 0 Å². The Morgan fingerprint density at radius 3 is 2.56 bits per heavy atom. The Labute approximate surface area is 108 Å². The second-order valence-electron chi connectivity index (χ2n) is 4.56. The topological polar surface area (TPSA) is 38.1 Å². The molecule has 0 aliphatic carbocycles. The highest BCUT2D eigenvalue weighted by Gasteiger charge is 2.06. The molecule has 0 aliphatic rings. The van der Waals surface area contributed by atoms with Gasteiger partial charge in [0.2, 0.25) is 5.89 Å². The fraction of sp³-hybridized carbons (Fsp3) is 0.400. The third-order valence-corrected chi connectivity index (χ3v) is 3.12. The Hall–Kier alpha value is -1.61. The van der Waals surface area contributed by atoms with E-state index in [1.165, 1.54) is 11.1 Å². The summed E-state index contributed by atoms with van der Waals surface area (Å²) in [5.41, 5.74) is 2.66. The van der Waals surface area contributed by atoms with Gasteiger partial charge in [0.25, 0.3) is 0 Å². The van der Waals surface area contributed by atoms with E-state index >= 15 is 0 Å². The first-order valence-electron chi connectivity index (χ1n) is 6.42. The molecule has 0 radical (unpaired) electrons. The molecule has 0 aliphatic heterocycles. The summed E-state index contributed by atoms with van der Waals surface area (Å²) >= 11 is 0. The van der Waals surface area contributed by atoms with Gasteiger partial charge in [0.1, 0.15) is 5.76 Å². The Kier molecular flexibility index (Phi) is 4.15. The van der Waals surface area contributed by atoms with Crippen molar-refractivity contribution in [1.82, 2.24) is 10.3 Å². The molecule has 1 N–H and O–H groups in total. The van der Waals surface area contributed by atoms with Crippen LogP contribution in [-0.2, 0) is 13.0 Å². The van der Waals surface area contributed by atoms with Crippen LogP contribution >= 0.6 is 0 Å². The van der Waals surface area contributed by atoms with Crippen LogP contribution < -0.4 is 5.32 Å². The van der Waals surface area contributed by atoms with E-state index in [9.17, 15) is 0 Å². The van der Waals surface area contributed by atoms with Crippen molar-refractivity contribution in [2.75, 3.05) is 0 Å². The fourth-order valence-electron chi connectivity index (χ4n) is 1.88. The van der Waals surface area contributed by atoms with Gasteiger partial charge in [-0.25, -0.2) is 4.98 Å². The molecule has 3 heteroatoms. The molecule has 0 bridgehead atoms. The van der Waals surface area contributed by atoms with Crippen LogP contribution in [-0.4, -0.2) is 4.98 Å². The average molecular weight is 244 g/mol. The van der Waals surface area contributed by atoms with Crippen LogP contribution in [0.25, 0.3) is 0 Å². The first kappa shape index (κ1) is 12.8. The second kappa shape index (κ2) is 5.83. The molecule has 0 spiro atoms. The second-order valence-corrected chi connectivity index (χ2v) is 4.56. The zero-order chi connectivity index (χ0) is 13.0. The van der Waals surface area contributed by atoms with Crippen molar-refractivity contribution in [1.29, 1.82) is 0 Å². The van der Waals surface area contributed by atoms with Crippen molar-refractivity contribution in [3.05, 3.63) is 53.2 Å². The summed E-state index contributed by atoms with van der Waals surface area (Å²) in [6, 6.07) is 9.02. The van der Waals surface area contributed by atoms with E-state index in [-0.39, 0.29) is 0 Å². The predicted octanol–water partition coefficient (Wildman–Crippen LogP) is 3.40. The normalized spacial score (nSPS) is 12.6. The number of oxazole rings is 1. The van der Waals surface area contributed by atoms with E-state index in [4.69, 9.17) is 4.42 Å². The minimum Gasteiger partial charge on any atom is -0.445 e. The van der Waals surface area contributed by atoms with Gasteiger partial charge in [-0.1, -0.05) is 31.2 Å². The smallest absolute Gasteiger partial charge is 0.208 e. The molecule has 1 aromatic heterocycles. The van der Waals surface area contributed by atoms with Crippen molar-refractivity contribution in [2.45, 2.75) is 39.8 Å². The number of nitrogens with zero attached hydrogens (tertiary/aromatic N) is 1. The summed E-state index contributed by atoms with van der Waals surface area (Å²) in [6.45, 7) is 6.88. The van der Waals surface area contributed by atoms with Gasteiger partial charge in [0.15, 0.2) is 0 Å². The summed E-state index contributed by atoms with van der Waals surface area (Å²) in [6.07, 6.45) is 2.83. The van der Waals surface area contributed by atoms with Crippen molar-refractivity contribution in [3.63, 3.8) is 0 Å². The van der Waals surface area contributed by atoms with Gasteiger partial charge in [-0.15, -0.1) is 0 Å². The van der Waals surface area contributed by atoms with Crippen LogP contribution in [0, 0.1) is 6.92 Å². The monoisotopic (exact) mass is 244 g/mol. The van der Waals surface area contributed by atoms with Gasteiger partial charge in [0.05, 0.1) is 12.7 Å². The van der Waals surface area contributed by atoms with E-state index in [1.54, 1.807) is 6.20 Å². The lowest BCUT2D eigenvalue weighted by Gasteiger charge is -2.13. The highest BCUT2D eigenvalue weighted by atomic mass is 16.4. The molecule has 1 unspecified atom stereocenters. The Morgan fingerprint density at radius 1 is 1.28 bits per heavy atom. The molecule has 96 valence electrons. The van der Waals surface area contributed by atoms with Gasteiger partial charge in [-0.3, -0.25) is 0 Å². The van der Waals surface area contributed by atoms with Crippen LogP contribution in [0.1, 0.15) is 42.7 Å². The van der Waals surface area contributed by atoms with Crippen LogP contribution in [0.5, 0.6) is 0 Å². The molecule has 1 aromatic carbocycles. The molecule has 0 amide bonds. The molecular weight excluding hydrogens is 224 g/mol. The number of hydrogen-bond acceptors (Lipinski definition) is 3. The lowest BCUT2D eigenvalue weighted by Crippen LogP contribution is -2.18. The van der Waals surface area contributed by atoms with E-state index in [0.717, 1.165) is 18.1 Å². The van der Waals surface area contributed by atoms with Gasteiger partial charge in [-0.2, -0.15) is 0 Å². The molecule has 2 aromatic rings. The summed E-state index contributed by atoms with van der Waals surface area (Å²) < 4.78 is 5.43. The maximum Gasteiger partial charge on any atom is 0.208 e. The van der Waals surface area contributed by atoms with Crippen molar-refractivity contribution in [3.8, 4) is 0 Å². The summed E-state index contributed by atoms with van der Waals surface area (Å²) in [7, 11) is 0. The van der Waals surface area contributed by atoms with Crippen LogP contribution in [0.2, 0.25) is 0 Å². The number of nitrogens with one attached hydrogen (secondary N) is 1. The third kappa shape index (κ3) is 3.20. The molecule has 2 rings (SSSR count). The minimum absolute atomic E-state index is 0.295. The number of rotatable bonds is 5. The highest BCUT2D eigenvalue weighted by Crippen LogP contribution is 2.14. The lowest BCUT2D eigenvalue weighted by molar-refractivity contribution is 0.432. The maximum atomic E-state index is 5.43. The molecule has 3 nitrogen and oxygen atoms in total. The standard InChI is InChI=1S/C15H20N2O/c1-4-13-5-7-14(8-6-13)12(3)16-10-15-17-9-11(2)18-15/h5-9,12,16H,4,10H2,1-3H3. The van der Waals surface area contributed by atoms with Crippen LogP contribution in [0.3, 0.4) is 0 Å². The van der Waals surface area contributed by atoms with Crippen molar-refractivity contribution >= 4 is 0 Å². The third-order valence-electron chi connectivity index (χ3n) is 3.12. The maximum absolute atomic E-state index is 5.43. The summed E-state index contributed by atoms with van der Waals surface area (Å²) in [5, 5.41) is 3.41. The minimum atomic E-state index is 0.295. The number of hydrogen-bond donors (Lipinski definition) is 1. The highest BCUT2D eigenvalue weighted by molar-refractivity contribution is 5.24. The largest absolute Gasteiger partial charge is 0.445 e. The van der Waals surface area contributed by atoms with Gasteiger partial charge >= 0.3 is 0 Å². The first-order valence-corrected chi connectivity index (χ1v) is 6.42. The Bertz CT molecular complexity index is 487. The zero-order valence-electron chi connectivity index (χ0n) is 11.2. The predicted molar refractivity (Wildman–Crippen MR) is 72.3 cm³/mol. The van der Waals surface area contributed by atoms with Gasteiger partial charge in [-0.05, 0) is 31.4 Å². The summed E-state index contributed by atoms with van der Waals surface area (Å²) in [5.74, 6) is 1.59. The Morgan fingerprint density at radius 2 is 2.00 bits per heavy atom. The number of benzene rings is 1. The van der Waals surface area contributed by atoms with E-state index in [1.807, 2.05) is 6.92 Å². The number of aryl methyl sites for hydroxylation is 2. The molecule has 0 saturated carbocycles. The van der Waals surface area contributed by atoms with Crippen molar-refractivity contribution in [2.24, 2.45) is 0 Å². The lowest BCUT2D eigenvalue weighted by atomic mass is 10.1. The molecule has 0 fully saturated rings. The average Bonchev–Trinajstić information content (AvgIpc) is 2.82. The molecule has 0 saturated heterocycles. The SMILES string of the molecule is CCc1ccc(C(C)NCc2ncc(C)o2)cc1. The zero-order valence-corrected chi connectivity index (χ0v) is 11.2. The molecule has 18 heavy (non-hydrogen) atoms. The van der Waals surface area contributed by atoms with Crippen LogP contribution in [0.15, 0.2) is 34.9 Å². The molecular formula is C15H20N2O.